The lowest BCUT2D eigenvalue weighted by Gasteiger charge is -2.18. The minimum absolute atomic E-state index is 0.214. The van der Waals surface area contributed by atoms with Gasteiger partial charge in [0.2, 0.25) is 29.1 Å². The van der Waals surface area contributed by atoms with Gasteiger partial charge in [-0.3, -0.25) is 0 Å². The molecule has 14 nitrogen and oxygen atoms in total. The van der Waals surface area contributed by atoms with Crippen LogP contribution in [0.3, 0.4) is 0 Å². The zero-order valence-electron chi connectivity index (χ0n) is 26.0. The lowest BCUT2D eigenvalue weighted by Crippen LogP contribution is -2.25. The van der Waals surface area contributed by atoms with Crippen LogP contribution in [0.25, 0.3) is 21.8 Å². The predicted molar refractivity (Wildman–Crippen MR) is 173 cm³/mol. The number of ether oxygens (including phenoxy) is 1. The summed E-state index contributed by atoms with van der Waals surface area (Å²) in [5.74, 6) is 2.26. The molecular formula is C28H40ClN13O. The van der Waals surface area contributed by atoms with E-state index in [0.29, 0.717) is 29.8 Å². The van der Waals surface area contributed by atoms with Crippen LogP contribution < -0.4 is 25.2 Å². The fraction of sp³-hybridized carbons (Fsp3) is 0.429. The van der Waals surface area contributed by atoms with Gasteiger partial charge in [0.05, 0.1) is 7.11 Å². The molecule has 0 saturated carbocycles. The van der Waals surface area contributed by atoms with Crippen molar-refractivity contribution in [2.45, 2.75) is 27.7 Å². The van der Waals surface area contributed by atoms with Crippen molar-refractivity contribution in [1.82, 2.24) is 44.9 Å². The molecule has 0 aliphatic heterocycles. The Hall–Kier alpha value is -4.59. The van der Waals surface area contributed by atoms with Crippen LogP contribution in [0.1, 0.15) is 27.7 Å². The molecule has 0 bridgehead atoms. The molecule has 0 spiro atoms. The van der Waals surface area contributed by atoms with E-state index in [2.05, 4.69) is 82.8 Å². The molecular weight excluding hydrogens is 570 g/mol. The Balaban J connectivity index is 0.000000177. The third kappa shape index (κ3) is 8.70. The van der Waals surface area contributed by atoms with Gasteiger partial charge in [-0.05, 0) is 50.7 Å². The zero-order chi connectivity index (χ0) is 31.4. The number of nitrogens with one attached hydrogen (secondary N) is 2. The molecule has 0 amide bonds. The number of anilines is 4. The number of hydrogen-bond donors (Lipinski definition) is 2. The Kier molecular flexibility index (Phi) is 12.4. The van der Waals surface area contributed by atoms with E-state index in [1.807, 2.05) is 48.9 Å². The highest BCUT2D eigenvalue weighted by Crippen LogP contribution is 2.21. The van der Waals surface area contributed by atoms with Crippen molar-refractivity contribution in [2.24, 2.45) is 7.05 Å². The van der Waals surface area contributed by atoms with Gasteiger partial charge in [-0.25, -0.2) is 0 Å². The van der Waals surface area contributed by atoms with Gasteiger partial charge in [-0.1, -0.05) is 30.3 Å². The molecule has 0 aliphatic rings. The van der Waals surface area contributed by atoms with Gasteiger partial charge < -0.3 is 25.2 Å². The topological polar surface area (TPSA) is 148 Å². The third-order valence-electron chi connectivity index (χ3n) is 6.30. The van der Waals surface area contributed by atoms with Crippen molar-refractivity contribution in [2.75, 3.05) is 67.8 Å². The first-order valence-corrected chi connectivity index (χ1v) is 14.4. The van der Waals surface area contributed by atoms with Crippen LogP contribution in [0, 0.1) is 0 Å². The van der Waals surface area contributed by atoms with Crippen LogP contribution in [0.5, 0.6) is 6.01 Å². The summed E-state index contributed by atoms with van der Waals surface area (Å²) in [5, 5.41) is 16.9. The average Bonchev–Trinajstić information content (AvgIpc) is 3.43. The van der Waals surface area contributed by atoms with Crippen molar-refractivity contribution < 1.29 is 4.74 Å². The van der Waals surface area contributed by atoms with Crippen molar-refractivity contribution in [3.05, 3.63) is 41.7 Å². The zero-order valence-corrected chi connectivity index (χ0v) is 26.8. The van der Waals surface area contributed by atoms with Crippen molar-refractivity contribution in [3.63, 3.8) is 0 Å². The quantitative estimate of drug-likeness (QED) is 0.245. The SMILES string of the molecule is CCN(CC)c1nc(Cl)nc(NC)n1.CCN(CC)c1nc(NC)nc(OC)n1.Cn1nc2ccc3ccccc3c2n1. The van der Waals surface area contributed by atoms with Crippen LogP contribution in [-0.4, -0.2) is 92.3 Å². The standard InChI is InChI=1S/C11H9N3.C9H17N5O.C8H14ClN5/c1-14-12-10-7-6-8-4-2-3-5-9(8)11(10)13-14;1-5-14(6-2)8-11-7(10-3)12-9(13-8)15-4;1-4-14(5-2)8-12-6(9)11-7(10-3)13-8/h2-7H,1H3;5-6H2,1-4H3,(H,10,11,12,13);4-5H2,1-3H3,(H,10,11,12,13). The molecule has 0 atom stereocenters. The van der Waals surface area contributed by atoms with Gasteiger partial charge in [0, 0.05) is 52.7 Å². The van der Waals surface area contributed by atoms with Crippen LogP contribution in [0.4, 0.5) is 23.8 Å². The molecule has 0 aliphatic carbocycles. The van der Waals surface area contributed by atoms with E-state index in [1.165, 1.54) is 5.39 Å². The molecule has 15 heteroatoms. The number of benzene rings is 2. The van der Waals surface area contributed by atoms with E-state index in [9.17, 15) is 0 Å². The number of aromatic nitrogens is 9. The Labute approximate surface area is 256 Å². The van der Waals surface area contributed by atoms with Crippen molar-refractivity contribution >= 4 is 57.2 Å². The van der Waals surface area contributed by atoms with Crippen LogP contribution in [0.15, 0.2) is 36.4 Å². The Morgan fingerprint density at radius 3 is 1.91 bits per heavy atom. The molecule has 43 heavy (non-hydrogen) atoms. The second kappa shape index (κ2) is 16.2. The summed E-state index contributed by atoms with van der Waals surface area (Å²) in [6, 6.07) is 12.6. The van der Waals surface area contributed by atoms with E-state index < -0.39 is 0 Å². The maximum absolute atomic E-state index is 5.76. The second-order valence-corrected chi connectivity index (χ2v) is 9.20. The van der Waals surface area contributed by atoms with E-state index in [0.717, 1.165) is 42.6 Å². The molecule has 5 rings (SSSR count). The highest BCUT2D eigenvalue weighted by atomic mass is 35.5. The summed E-state index contributed by atoms with van der Waals surface area (Å²) in [5.41, 5.74) is 1.93. The number of methoxy groups -OCH3 is 1. The first-order valence-electron chi connectivity index (χ1n) is 14.1. The number of hydrogen-bond acceptors (Lipinski definition) is 13. The molecule has 5 aromatic rings. The molecule has 0 radical (unpaired) electrons. The summed E-state index contributed by atoms with van der Waals surface area (Å²) >= 11 is 5.76. The second-order valence-electron chi connectivity index (χ2n) is 8.86. The Bertz CT molecular complexity index is 1570. The van der Waals surface area contributed by atoms with Gasteiger partial charge in [0.15, 0.2) is 0 Å². The number of aryl methyl sites for hydroxylation is 1. The smallest absolute Gasteiger partial charge is 0.322 e. The van der Waals surface area contributed by atoms with Gasteiger partial charge in [0.25, 0.3) is 0 Å². The lowest BCUT2D eigenvalue weighted by atomic mass is 10.1. The third-order valence-corrected chi connectivity index (χ3v) is 6.47. The molecule has 2 N–H and O–H groups in total. The molecule has 230 valence electrons. The minimum Gasteiger partial charge on any atom is -0.467 e. The van der Waals surface area contributed by atoms with Crippen molar-refractivity contribution in [1.29, 1.82) is 0 Å². The molecule has 0 saturated heterocycles. The van der Waals surface area contributed by atoms with E-state index in [1.54, 1.807) is 26.0 Å². The fourth-order valence-electron chi connectivity index (χ4n) is 4.05. The normalized spacial score (nSPS) is 10.3. The van der Waals surface area contributed by atoms with Gasteiger partial charge in [-0.2, -0.15) is 44.9 Å². The predicted octanol–water partition coefficient (Wildman–Crippen LogP) is 4.30. The van der Waals surface area contributed by atoms with Crippen molar-refractivity contribution in [3.8, 4) is 6.01 Å². The Morgan fingerprint density at radius 2 is 1.33 bits per heavy atom. The number of fused-ring (bicyclic) bond motifs is 3. The summed E-state index contributed by atoms with van der Waals surface area (Å²) in [7, 11) is 6.90. The molecule has 0 fully saturated rings. The minimum atomic E-state index is 0.214. The molecule has 3 aromatic heterocycles. The van der Waals surface area contributed by atoms with E-state index >= 15 is 0 Å². The first kappa shape index (κ1) is 32.9. The summed E-state index contributed by atoms with van der Waals surface area (Å²) in [6.07, 6.45) is 0. The number of halogens is 1. The maximum Gasteiger partial charge on any atom is 0.322 e. The summed E-state index contributed by atoms with van der Waals surface area (Å²) in [4.78, 5) is 30.3. The number of nitrogens with zero attached hydrogens (tertiary/aromatic N) is 11. The molecule has 0 unspecified atom stereocenters. The highest BCUT2D eigenvalue weighted by Gasteiger charge is 2.11. The Morgan fingerprint density at radius 1 is 0.744 bits per heavy atom. The number of rotatable bonds is 9. The maximum atomic E-state index is 5.76. The highest BCUT2D eigenvalue weighted by molar-refractivity contribution is 6.28. The fourth-order valence-corrected chi connectivity index (χ4v) is 4.20. The lowest BCUT2D eigenvalue weighted by molar-refractivity contribution is 0.379. The van der Waals surface area contributed by atoms with Crippen LogP contribution in [0.2, 0.25) is 5.28 Å². The monoisotopic (exact) mass is 609 g/mol. The average molecular weight is 610 g/mol. The largest absolute Gasteiger partial charge is 0.467 e. The summed E-state index contributed by atoms with van der Waals surface area (Å²) < 4.78 is 5.01. The molecule has 2 aromatic carbocycles. The van der Waals surface area contributed by atoms with Crippen LogP contribution in [-0.2, 0) is 7.05 Å². The van der Waals surface area contributed by atoms with Crippen LogP contribution >= 0.6 is 11.6 Å². The van der Waals surface area contributed by atoms with Gasteiger partial charge in [0.1, 0.15) is 11.0 Å². The van der Waals surface area contributed by atoms with Gasteiger partial charge >= 0.3 is 6.01 Å². The summed E-state index contributed by atoms with van der Waals surface area (Å²) in [6.45, 7) is 11.6. The first-order chi connectivity index (χ1) is 20.8. The van der Waals surface area contributed by atoms with Gasteiger partial charge in [-0.15, -0.1) is 0 Å². The van der Waals surface area contributed by atoms with E-state index in [4.69, 9.17) is 16.3 Å². The molecule has 3 heterocycles. The van der Waals surface area contributed by atoms with E-state index in [-0.39, 0.29) is 5.28 Å².